The van der Waals surface area contributed by atoms with E-state index in [1.807, 2.05) is 20.8 Å². The summed E-state index contributed by atoms with van der Waals surface area (Å²) in [5, 5.41) is 0. The zero-order valence-electron chi connectivity index (χ0n) is 8.49. The summed E-state index contributed by atoms with van der Waals surface area (Å²) in [7, 11) is 0. The smallest absolute Gasteiger partial charge is 0.416 e. The fraction of sp³-hybridized carbons (Fsp3) is 0.556. The second kappa shape index (κ2) is 3.90. The van der Waals surface area contributed by atoms with Gasteiger partial charge in [0.15, 0.2) is 4.32 Å². The van der Waals surface area contributed by atoms with Gasteiger partial charge in [0.25, 0.3) is 0 Å². The van der Waals surface area contributed by atoms with Gasteiger partial charge >= 0.3 is 6.09 Å². The first kappa shape index (κ1) is 11.5. The van der Waals surface area contributed by atoms with Gasteiger partial charge in [-0.05, 0) is 20.8 Å². The number of thiocarbonyl (C=S) groups is 1. The minimum absolute atomic E-state index is 0.395. The van der Waals surface area contributed by atoms with Gasteiger partial charge < -0.3 is 4.74 Å². The summed E-state index contributed by atoms with van der Waals surface area (Å²) in [5.41, 5.74) is -0.485. The standard InChI is InChI=1S/C9H13NO2S2/c1-6-5-10(8(13)14-6)7(11)12-9(2,3)4/h1,5H2,2-4H3. The van der Waals surface area contributed by atoms with Crippen molar-refractivity contribution in [2.24, 2.45) is 0 Å². The Hall–Kier alpha value is -0.550. The first-order chi connectivity index (χ1) is 6.29. The summed E-state index contributed by atoms with van der Waals surface area (Å²) in [6.45, 7) is 9.69. The highest BCUT2D eigenvalue weighted by Crippen LogP contribution is 2.28. The number of nitrogens with zero attached hydrogens (tertiary/aromatic N) is 1. The highest BCUT2D eigenvalue weighted by molar-refractivity contribution is 8.25. The minimum Gasteiger partial charge on any atom is -0.443 e. The average Bonchev–Trinajstić information content (AvgIpc) is 2.26. The number of carbonyl (C=O) groups is 1. The predicted octanol–water partition coefficient (Wildman–Crippen LogP) is 2.77. The Morgan fingerprint density at radius 1 is 1.64 bits per heavy atom. The topological polar surface area (TPSA) is 29.5 Å². The summed E-state index contributed by atoms with van der Waals surface area (Å²) in [5.74, 6) is 0. The molecular formula is C9H13NO2S2. The molecule has 0 aliphatic carbocycles. The molecular weight excluding hydrogens is 218 g/mol. The fourth-order valence-electron chi connectivity index (χ4n) is 0.908. The highest BCUT2D eigenvalue weighted by Gasteiger charge is 2.30. The van der Waals surface area contributed by atoms with Crippen molar-refractivity contribution in [3.8, 4) is 0 Å². The van der Waals surface area contributed by atoms with Gasteiger partial charge in [0.1, 0.15) is 5.60 Å². The van der Waals surface area contributed by atoms with Crippen molar-refractivity contribution in [2.75, 3.05) is 6.54 Å². The van der Waals surface area contributed by atoms with Gasteiger partial charge in [-0.2, -0.15) is 0 Å². The number of hydrogen-bond donors (Lipinski definition) is 0. The van der Waals surface area contributed by atoms with Gasteiger partial charge in [0.2, 0.25) is 0 Å². The summed E-state index contributed by atoms with van der Waals surface area (Å²) < 4.78 is 5.70. The summed E-state index contributed by atoms with van der Waals surface area (Å²) in [6.07, 6.45) is -0.395. The second-order valence-corrected chi connectivity index (χ2v) is 5.79. The van der Waals surface area contributed by atoms with Crippen LogP contribution < -0.4 is 0 Å². The molecule has 0 radical (unpaired) electrons. The molecule has 3 nitrogen and oxygen atoms in total. The van der Waals surface area contributed by atoms with E-state index >= 15 is 0 Å². The second-order valence-electron chi connectivity index (χ2n) is 3.97. The SMILES string of the molecule is C=C1CN(C(=O)OC(C)(C)C)C(=S)S1. The molecule has 14 heavy (non-hydrogen) atoms. The molecule has 0 aromatic heterocycles. The maximum Gasteiger partial charge on any atom is 0.416 e. The number of rotatable bonds is 0. The monoisotopic (exact) mass is 231 g/mol. The molecule has 1 fully saturated rings. The molecule has 0 unspecified atom stereocenters. The first-order valence-electron chi connectivity index (χ1n) is 4.20. The number of carbonyl (C=O) groups excluding carboxylic acids is 1. The molecule has 0 atom stereocenters. The Kier molecular flexibility index (Phi) is 3.21. The van der Waals surface area contributed by atoms with Crippen LogP contribution in [0.5, 0.6) is 0 Å². The van der Waals surface area contributed by atoms with Crippen LogP contribution in [0.2, 0.25) is 0 Å². The van der Waals surface area contributed by atoms with E-state index in [1.165, 1.54) is 16.7 Å². The quantitative estimate of drug-likeness (QED) is 0.600. The van der Waals surface area contributed by atoms with E-state index in [-0.39, 0.29) is 0 Å². The lowest BCUT2D eigenvalue weighted by Crippen LogP contribution is -2.36. The largest absolute Gasteiger partial charge is 0.443 e. The normalized spacial score (nSPS) is 17.5. The van der Waals surface area contributed by atoms with Crippen LogP contribution in [0.4, 0.5) is 4.79 Å². The molecule has 5 heteroatoms. The molecule has 0 saturated carbocycles. The van der Waals surface area contributed by atoms with Crippen molar-refractivity contribution in [1.29, 1.82) is 0 Å². The summed E-state index contributed by atoms with van der Waals surface area (Å²) in [4.78, 5) is 13.9. The van der Waals surface area contributed by atoms with E-state index in [2.05, 4.69) is 6.58 Å². The highest BCUT2D eigenvalue weighted by atomic mass is 32.2. The van der Waals surface area contributed by atoms with E-state index < -0.39 is 11.7 Å². The zero-order chi connectivity index (χ0) is 10.9. The van der Waals surface area contributed by atoms with Crippen LogP contribution in [0.25, 0.3) is 0 Å². The Bertz CT molecular complexity index is 294. The number of thioether (sulfide) groups is 1. The Balaban J connectivity index is 2.62. The Morgan fingerprint density at radius 3 is 2.57 bits per heavy atom. The van der Waals surface area contributed by atoms with E-state index in [0.717, 1.165) is 4.91 Å². The fourth-order valence-corrected chi connectivity index (χ4v) is 2.09. The molecule has 0 bridgehead atoms. The van der Waals surface area contributed by atoms with Crippen molar-refractivity contribution in [3.05, 3.63) is 11.5 Å². The molecule has 0 aromatic rings. The molecule has 1 aliphatic heterocycles. The van der Waals surface area contributed by atoms with E-state index in [9.17, 15) is 4.79 Å². The van der Waals surface area contributed by atoms with Gasteiger partial charge in [0.05, 0.1) is 6.54 Å². The van der Waals surface area contributed by atoms with Gasteiger partial charge in [-0.3, -0.25) is 4.90 Å². The number of hydrogen-bond acceptors (Lipinski definition) is 4. The third kappa shape index (κ3) is 2.99. The zero-order valence-corrected chi connectivity index (χ0v) is 10.1. The molecule has 0 spiro atoms. The molecule has 0 N–H and O–H groups in total. The van der Waals surface area contributed by atoms with E-state index in [0.29, 0.717) is 10.9 Å². The molecule has 1 heterocycles. The van der Waals surface area contributed by atoms with Gasteiger partial charge in [-0.1, -0.05) is 30.6 Å². The lowest BCUT2D eigenvalue weighted by molar-refractivity contribution is 0.0393. The van der Waals surface area contributed by atoms with Crippen LogP contribution in [0.1, 0.15) is 20.8 Å². The maximum atomic E-state index is 11.6. The van der Waals surface area contributed by atoms with Crippen LogP contribution in [-0.4, -0.2) is 27.5 Å². The Labute approximate surface area is 93.5 Å². The van der Waals surface area contributed by atoms with Gasteiger partial charge in [0, 0.05) is 4.91 Å². The van der Waals surface area contributed by atoms with Crippen LogP contribution >= 0.6 is 24.0 Å². The van der Waals surface area contributed by atoms with Gasteiger partial charge in [-0.15, -0.1) is 0 Å². The molecule has 78 valence electrons. The minimum atomic E-state index is -0.485. The Morgan fingerprint density at radius 2 is 2.21 bits per heavy atom. The van der Waals surface area contributed by atoms with Crippen molar-refractivity contribution in [1.82, 2.24) is 4.90 Å². The number of ether oxygens (including phenoxy) is 1. The molecule has 0 aromatic carbocycles. The first-order valence-corrected chi connectivity index (χ1v) is 5.42. The third-order valence-corrected chi connectivity index (χ3v) is 2.68. The van der Waals surface area contributed by atoms with Crippen molar-refractivity contribution < 1.29 is 9.53 Å². The molecule has 1 aliphatic rings. The van der Waals surface area contributed by atoms with Gasteiger partial charge in [-0.25, -0.2) is 4.79 Å². The van der Waals surface area contributed by atoms with Crippen molar-refractivity contribution >= 4 is 34.4 Å². The van der Waals surface area contributed by atoms with Crippen LogP contribution in [0, 0.1) is 0 Å². The average molecular weight is 231 g/mol. The summed E-state index contributed by atoms with van der Waals surface area (Å²) in [6, 6.07) is 0. The molecule has 1 amide bonds. The van der Waals surface area contributed by atoms with Crippen LogP contribution in [0.15, 0.2) is 11.5 Å². The van der Waals surface area contributed by atoms with E-state index in [4.69, 9.17) is 17.0 Å². The predicted molar refractivity (Wildman–Crippen MR) is 62.3 cm³/mol. The third-order valence-electron chi connectivity index (χ3n) is 1.40. The molecule has 1 rings (SSSR count). The van der Waals surface area contributed by atoms with Crippen molar-refractivity contribution in [3.63, 3.8) is 0 Å². The van der Waals surface area contributed by atoms with Crippen LogP contribution in [-0.2, 0) is 4.74 Å². The lowest BCUT2D eigenvalue weighted by Gasteiger charge is -2.23. The maximum absolute atomic E-state index is 11.6. The number of amides is 1. The van der Waals surface area contributed by atoms with E-state index in [1.54, 1.807) is 0 Å². The van der Waals surface area contributed by atoms with Crippen molar-refractivity contribution in [2.45, 2.75) is 26.4 Å². The van der Waals surface area contributed by atoms with Crippen LogP contribution in [0.3, 0.4) is 0 Å². The lowest BCUT2D eigenvalue weighted by atomic mass is 10.2. The summed E-state index contributed by atoms with van der Waals surface area (Å²) >= 11 is 6.36. The molecule has 1 saturated heterocycles.